The Morgan fingerprint density at radius 3 is 1.39 bits per heavy atom. The smallest absolute Gasteiger partial charge is 0.121 e. The molecule has 0 saturated heterocycles. The average molecular weight is 502 g/mol. The van der Waals surface area contributed by atoms with Crippen LogP contribution in [0.2, 0.25) is 0 Å². The second-order valence-corrected chi connectivity index (χ2v) is 12.3. The van der Waals surface area contributed by atoms with Gasteiger partial charge in [0.1, 0.15) is 11.0 Å². The van der Waals surface area contributed by atoms with E-state index in [1.165, 1.54) is 22.3 Å². The summed E-state index contributed by atoms with van der Waals surface area (Å²) in [6.45, 7) is 14.3. The van der Waals surface area contributed by atoms with E-state index in [-0.39, 0.29) is 10.8 Å². The molecule has 0 fully saturated rings. The van der Waals surface area contributed by atoms with E-state index < -0.39 is 0 Å². The van der Waals surface area contributed by atoms with Gasteiger partial charge < -0.3 is 0 Å². The van der Waals surface area contributed by atoms with Gasteiger partial charge in [0.15, 0.2) is 0 Å². The summed E-state index contributed by atoms with van der Waals surface area (Å²) in [7, 11) is 0. The summed E-state index contributed by atoms with van der Waals surface area (Å²) in [4.78, 5) is 1.89. The highest BCUT2D eigenvalue weighted by Gasteiger charge is 2.18. The Morgan fingerprint density at radius 1 is 0.583 bits per heavy atom. The van der Waals surface area contributed by atoms with Crippen molar-refractivity contribution in [1.29, 1.82) is 0 Å². The number of unbranched alkanes of at least 4 members (excludes halogenated alkanes) is 3. The van der Waals surface area contributed by atoms with Crippen LogP contribution in [-0.2, 0) is 17.4 Å². The number of benzene rings is 3. The van der Waals surface area contributed by atoms with E-state index in [1.807, 2.05) is 4.80 Å². The number of fused-ring (bicyclic) bond motifs is 1. The van der Waals surface area contributed by atoms with Gasteiger partial charge in [-0.05, 0) is 45.9 Å². The van der Waals surface area contributed by atoms with E-state index in [0.717, 1.165) is 60.3 Å². The van der Waals surface area contributed by atoms with Crippen molar-refractivity contribution in [2.75, 3.05) is 5.88 Å². The molecule has 3 aromatic carbocycles. The fraction of sp³-hybridized carbons (Fsp3) is 0.438. The Labute approximate surface area is 221 Å². The second kappa shape index (κ2) is 10.8. The first-order valence-corrected chi connectivity index (χ1v) is 13.8. The number of rotatable bonds is 8. The molecule has 0 amide bonds. The zero-order valence-corrected chi connectivity index (χ0v) is 23.5. The zero-order chi connectivity index (χ0) is 25.9. The summed E-state index contributed by atoms with van der Waals surface area (Å²) in [6, 6.07) is 22.3. The summed E-state index contributed by atoms with van der Waals surface area (Å²) < 4.78 is 0. The van der Waals surface area contributed by atoms with Crippen LogP contribution < -0.4 is 0 Å². The van der Waals surface area contributed by atoms with Gasteiger partial charge in [0.05, 0.1) is 6.54 Å². The molecule has 0 radical (unpaired) electrons. The van der Waals surface area contributed by atoms with Crippen LogP contribution in [0.3, 0.4) is 0 Å². The molecule has 0 aliphatic heterocycles. The predicted octanol–water partition coefficient (Wildman–Crippen LogP) is 9.16. The van der Waals surface area contributed by atoms with Gasteiger partial charge in [-0.15, -0.1) is 11.6 Å². The molecule has 0 aliphatic rings. The Kier molecular flexibility index (Phi) is 7.90. The number of alkyl halides is 1. The molecule has 3 nitrogen and oxygen atoms in total. The van der Waals surface area contributed by atoms with E-state index >= 15 is 0 Å². The van der Waals surface area contributed by atoms with E-state index in [4.69, 9.17) is 21.8 Å². The highest BCUT2D eigenvalue weighted by Crippen LogP contribution is 2.35. The number of aromatic nitrogens is 3. The molecule has 4 heteroatoms. The van der Waals surface area contributed by atoms with E-state index in [0.29, 0.717) is 0 Å². The fourth-order valence-corrected chi connectivity index (χ4v) is 4.79. The quantitative estimate of drug-likeness (QED) is 0.178. The zero-order valence-electron chi connectivity index (χ0n) is 22.7. The number of halogens is 1. The maximum Gasteiger partial charge on any atom is 0.121 e. The van der Waals surface area contributed by atoms with Crippen LogP contribution in [0.4, 0.5) is 0 Å². The van der Waals surface area contributed by atoms with Crippen LogP contribution in [0.5, 0.6) is 0 Å². The van der Waals surface area contributed by atoms with E-state index in [1.54, 1.807) is 0 Å². The van der Waals surface area contributed by atoms with Crippen molar-refractivity contribution in [3.05, 3.63) is 71.8 Å². The van der Waals surface area contributed by atoms with Gasteiger partial charge in [-0.1, -0.05) is 115 Å². The van der Waals surface area contributed by atoms with Crippen molar-refractivity contribution in [3.8, 4) is 22.3 Å². The van der Waals surface area contributed by atoms with E-state index in [2.05, 4.69) is 102 Å². The first kappa shape index (κ1) is 26.4. The minimum absolute atomic E-state index is 0.128. The lowest BCUT2D eigenvalue weighted by Gasteiger charge is -2.19. The second-order valence-electron chi connectivity index (χ2n) is 11.9. The molecule has 0 N–H and O–H groups in total. The van der Waals surface area contributed by atoms with Crippen molar-refractivity contribution in [1.82, 2.24) is 15.0 Å². The highest BCUT2D eigenvalue weighted by molar-refractivity contribution is 6.17. The minimum atomic E-state index is 0.128. The third-order valence-electron chi connectivity index (χ3n) is 6.95. The van der Waals surface area contributed by atoms with Crippen LogP contribution in [-0.4, -0.2) is 20.9 Å². The molecule has 190 valence electrons. The maximum atomic E-state index is 5.84. The number of hydrogen-bond donors (Lipinski definition) is 0. The highest BCUT2D eigenvalue weighted by atomic mass is 35.5. The molecule has 0 spiro atoms. The van der Waals surface area contributed by atoms with Crippen LogP contribution in [0.25, 0.3) is 33.3 Å². The normalized spacial score (nSPS) is 12.4. The van der Waals surface area contributed by atoms with Crippen molar-refractivity contribution in [2.24, 2.45) is 0 Å². The summed E-state index contributed by atoms with van der Waals surface area (Å²) >= 11 is 5.84. The summed E-state index contributed by atoms with van der Waals surface area (Å²) in [5.41, 5.74) is 9.48. The lowest BCUT2D eigenvalue weighted by Crippen LogP contribution is -2.10. The summed E-state index contributed by atoms with van der Waals surface area (Å²) in [6.07, 6.45) is 4.43. The third-order valence-corrected chi connectivity index (χ3v) is 7.21. The molecule has 0 unspecified atom stereocenters. The molecule has 4 aromatic rings. The molecule has 1 heterocycles. The Balaban J connectivity index is 1.74. The first-order valence-electron chi connectivity index (χ1n) is 13.2. The van der Waals surface area contributed by atoms with Crippen LogP contribution >= 0.6 is 11.6 Å². The van der Waals surface area contributed by atoms with Gasteiger partial charge in [-0.3, -0.25) is 0 Å². The van der Waals surface area contributed by atoms with E-state index in [9.17, 15) is 0 Å². The third kappa shape index (κ3) is 6.00. The topological polar surface area (TPSA) is 30.7 Å². The van der Waals surface area contributed by atoms with Gasteiger partial charge in [-0.25, -0.2) is 0 Å². The van der Waals surface area contributed by atoms with Crippen molar-refractivity contribution in [2.45, 2.75) is 84.6 Å². The Hall–Kier alpha value is -2.65. The molecular formula is C32H40ClN3. The molecule has 4 rings (SSSR count). The van der Waals surface area contributed by atoms with Gasteiger partial charge in [0, 0.05) is 17.0 Å². The summed E-state index contributed by atoms with van der Waals surface area (Å²) in [5, 5.41) is 10.0. The van der Waals surface area contributed by atoms with Crippen LogP contribution in [0.1, 0.15) is 78.4 Å². The van der Waals surface area contributed by atoms with Gasteiger partial charge in [0.25, 0.3) is 0 Å². The Morgan fingerprint density at radius 2 is 1.00 bits per heavy atom. The number of nitrogens with zero attached hydrogens (tertiary/aromatic N) is 3. The lowest BCUT2D eigenvalue weighted by atomic mass is 9.85. The Bertz CT molecular complexity index is 1190. The SMILES string of the molecule is CC(C)(C)c1ccc(-c2ccc(-c3ccc(C(C)(C)C)cc3)c3nn(CCCCCCCl)nc23)cc1. The molecule has 0 bridgehead atoms. The van der Waals surface area contributed by atoms with Gasteiger partial charge in [-0.2, -0.15) is 15.0 Å². The van der Waals surface area contributed by atoms with Crippen molar-refractivity contribution >= 4 is 22.6 Å². The monoisotopic (exact) mass is 501 g/mol. The number of hydrogen-bond acceptors (Lipinski definition) is 2. The molecule has 36 heavy (non-hydrogen) atoms. The minimum Gasteiger partial charge on any atom is -0.184 e. The fourth-order valence-electron chi connectivity index (χ4n) is 4.60. The molecule has 0 saturated carbocycles. The maximum absolute atomic E-state index is 5.84. The van der Waals surface area contributed by atoms with Gasteiger partial charge in [0.2, 0.25) is 0 Å². The van der Waals surface area contributed by atoms with Crippen molar-refractivity contribution < 1.29 is 0 Å². The first-order chi connectivity index (χ1) is 17.1. The average Bonchev–Trinajstić information content (AvgIpc) is 3.26. The number of aryl methyl sites for hydroxylation is 1. The lowest BCUT2D eigenvalue weighted by molar-refractivity contribution is 0.495. The molecular weight excluding hydrogens is 462 g/mol. The summed E-state index contributed by atoms with van der Waals surface area (Å²) in [5.74, 6) is 0.735. The van der Waals surface area contributed by atoms with Crippen LogP contribution in [0.15, 0.2) is 60.7 Å². The molecule has 1 aromatic heterocycles. The molecule has 0 atom stereocenters. The predicted molar refractivity (Wildman–Crippen MR) is 155 cm³/mol. The van der Waals surface area contributed by atoms with Crippen LogP contribution in [0, 0.1) is 0 Å². The van der Waals surface area contributed by atoms with Crippen molar-refractivity contribution in [3.63, 3.8) is 0 Å². The molecule has 0 aliphatic carbocycles. The van der Waals surface area contributed by atoms with Gasteiger partial charge >= 0.3 is 0 Å². The largest absolute Gasteiger partial charge is 0.184 e. The standard InChI is InChI=1S/C32H40ClN3/c1-31(2,3)25-15-11-23(12-16-25)27-19-20-28(24-13-17-26(18-14-24)32(4,5)6)30-29(27)34-36(35-30)22-10-8-7-9-21-33/h11-20H,7-10,21-22H2,1-6H3.